The van der Waals surface area contributed by atoms with Crippen molar-refractivity contribution in [2.75, 3.05) is 6.61 Å². The summed E-state index contributed by atoms with van der Waals surface area (Å²) >= 11 is 0. The molecule has 4 rings (SSSR count). The summed E-state index contributed by atoms with van der Waals surface area (Å²) in [7, 11) is 0. The van der Waals surface area contributed by atoms with Crippen LogP contribution in [0, 0.1) is 19.8 Å². The molecule has 0 bridgehead atoms. The third-order valence-electron chi connectivity index (χ3n) is 5.07. The van der Waals surface area contributed by atoms with E-state index < -0.39 is 0 Å². The van der Waals surface area contributed by atoms with Crippen LogP contribution in [0.25, 0.3) is 11.0 Å². The van der Waals surface area contributed by atoms with Crippen molar-refractivity contribution in [2.45, 2.75) is 39.8 Å². The summed E-state index contributed by atoms with van der Waals surface area (Å²) in [4.78, 5) is 16.7. The zero-order valence-corrected chi connectivity index (χ0v) is 15.9. The van der Waals surface area contributed by atoms with Crippen LogP contribution in [0.2, 0.25) is 0 Å². The van der Waals surface area contributed by atoms with Crippen molar-refractivity contribution in [1.82, 2.24) is 14.9 Å². The second kappa shape index (κ2) is 7.43. The molecular weight excluding hydrogens is 338 g/mol. The summed E-state index contributed by atoms with van der Waals surface area (Å²) in [5.74, 6) is 2.16. The largest absolute Gasteiger partial charge is 0.491 e. The number of carbonyl (C=O) groups is 1. The molecule has 1 saturated carbocycles. The van der Waals surface area contributed by atoms with Gasteiger partial charge in [-0.25, -0.2) is 4.98 Å². The molecule has 27 heavy (non-hydrogen) atoms. The van der Waals surface area contributed by atoms with Gasteiger partial charge in [-0.2, -0.15) is 0 Å². The fourth-order valence-electron chi connectivity index (χ4n) is 3.43. The van der Waals surface area contributed by atoms with Gasteiger partial charge in [0.25, 0.3) is 0 Å². The van der Waals surface area contributed by atoms with Crippen molar-refractivity contribution in [1.29, 1.82) is 0 Å². The molecule has 0 unspecified atom stereocenters. The smallest absolute Gasteiger partial charge is 0.223 e. The lowest BCUT2D eigenvalue weighted by Crippen LogP contribution is -2.26. The van der Waals surface area contributed by atoms with Crippen molar-refractivity contribution in [2.24, 2.45) is 5.92 Å². The van der Waals surface area contributed by atoms with Gasteiger partial charge in [0.15, 0.2) is 0 Å². The van der Waals surface area contributed by atoms with Gasteiger partial charge in [0.05, 0.1) is 24.1 Å². The predicted octanol–water partition coefficient (Wildman–Crippen LogP) is 3.76. The van der Waals surface area contributed by atoms with Crippen LogP contribution in [0.5, 0.6) is 5.75 Å². The number of aromatic nitrogens is 2. The molecule has 140 valence electrons. The van der Waals surface area contributed by atoms with Gasteiger partial charge < -0.3 is 14.6 Å². The lowest BCUT2D eigenvalue weighted by molar-refractivity contribution is -0.122. The van der Waals surface area contributed by atoms with E-state index in [1.54, 1.807) is 0 Å². The highest BCUT2D eigenvalue weighted by Crippen LogP contribution is 2.29. The molecule has 0 aliphatic heterocycles. The summed E-state index contributed by atoms with van der Waals surface area (Å²) in [6.07, 6.45) is 2.01. The zero-order valence-electron chi connectivity index (χ0n) is 15.9. The van der Waals surface area contributed by atoms with Gasteiger partial charge in [-0.1, -0.05) is 30.3 Å². The Hall–Kier alpha value is -2.82. The Kier molecular flexibility index (Phi) is 4.84. The maximum atomic E-state index is 12.0. The normalized spacial score (nSPS) is 13.7. The summed E-state index contributed by atoms with van der Waals surface area (Å²) in [6, 6.07) is 14.2. The molecule has 1 aromatic heterocycles. The van der Waals surface area contributed by atoms with Crippen LogP contribution in [0.15, 0.2) is 42.5 Å². The lowest BCUT2D eigenvalue weighted by Gasteiger charge is -2.14. The van der Waals surface area contributed by atoms with E-state index in [2.05, 4.69) is 41.9 Å². The minimum atomic E-state index is 0.139. The molecule has 0 spiro atoms. The lowest BCUT2D eigenvalue weighted by atomic mass is 10.1. The molecule has 5 nitrogen and oxygen atoms in total. The molecule has 1 aliphatic rings. The van der Waals surface area contributed by atoms with Crippen LogP contribution >= 0.6 is 0 Å². The number of ether oxygens (including phenoxy) is 1. The summed E-state index contributed by atoms with van der Waals surface area (Å²) in [5, 5.41) is 3.03. The zero-order chi connectivity index (χ0) is 18.8. The van der Waals surface area contributed by atoms with E-state index in [1.165, 1.54) is 0 Å². The number of hydrogen-bond acceptors (Lipinski definition) is 3. The SMILES string of the molecule is Cc1cccc(C)c1OCCn1c(CNC(=O)C2CC2)nc2ccccc21. The summed E-state index contributed by atoms with van der Waals surface area (Å²) < 4.78 is 8.23. The molecule has 5 heteroatoms. The van der Waals surface area contributed by atoms with Crippen molar-refractivity contribution < 1.29 is 9.53 Å². The Bertz CT molecular complexity index is 953. The number of benzene rings is 2. The second-order valence-electron chi connectivity index (χ2n) is 7.23. The number of rotatable bonds is 7. The fourth-order valence-corrected chi connectivity index (χ4v) is 3.43. The molecule has 1 amide bonds. The Morgan fingerprint density at radius 1 is 1.15 bits per heavy atom. The Morgan fingerprint density at radius 3 is 2.63 bits per heavy atom. The van der Waals surface area contributed by atoms with E-state index in [4.69, 9.17) is 9.72 Å². The highest BCUT2D eigenvalue weighted by molar-refractivity contribution is 5.81. The fraction of sp³-hybridized carbons (Fsp3) is 0.364. The Labute approximate surface area is 159 Å². The first-order valence-electron chi connectivity index (χ1n) is 9.54. The van der Waals surface area contributed by atoms with E-state index in [9.17, 15) is 4.79 Å². The number of carbonyl (C=O) groups excluding carboxylic acids is 1. The van der Waals surface area contributed by atoms with Crippen LogP contribution in [-0.4, -0.2) is 22.1 Å². The van der Waals surface area contributed by atoms with Crippen LogP contribution < -0.4 is 10.1 Å². The second-order valence-corrected chi connectivity index (χ2v) is 7.23. The van der Waals surface area contributed by atoms with Crippen LogP contribution in [0.1, 0.15) is 29.8 Å². The molecule has 1 heterocycles. The number of hydrogen-bond donors (Lipinski definition) is 1. The Morgan fingerprint density at radius 2 is 1.89 bits per heavy atom. The Balaban J connectivity index is 1.50. The van der Waals surface area contributed by atoms with E-state index in [0.717, 1.165) is 46.6 Å². The molecule has 0 radical (unpaired) electrons. The van der Waals surface area contributed by atoms with E-state index >= 15 is 0 Å². The molecule has 1 N–H and O–H groups in total. The standard InChI is InChI=1S/C22H25N3O2/c1-15-6-5-7-16(2)21(15)27-13-12-25-19-9-4-3-8-18(19)24-20(25)14-23-22(26)17-10-11-17/h3-9,17H,10-14H2,1-2H3,(H,23,26). The first-order valence-corrected chi connectivity index (χ1v) is 9.54. The third kappa shape index (κ3) is 3.82. The highest BCUT2D eigenvalue weighted by Gasteiger charge is 2.29. The average molecular weight is 363 g/mol. The van der Waals surface area contributed by atoms with Crippen molar-refractivity contribution in [3.8, 4) is 5.75 Å². The first kappa shape index (κ1) is 17.6. The van der Waals surface area contributed by atoms with Gasteiger partial charge in [-0.15, -0.1) is 0 Å². The number of fused-ring (bicyclic) bond motifs is 1. The number of nitrogens with zero attached hydrogens (tertiary/aromatic N) is 2. The molecule has 1 aliphatic carbocycles. The third-order valence-corrected chi connectivity index (χ3v) is 5.07. The van der Waals surface area contributed by atoms with Crippen LogP contribution in [-0.2, 0) is 17.9 Å². The van der Waals surface area contributed by atoms with Crippen LogP contribution in [0.4, 0.5) is 0 Å². The maximum Gasteiger partial charge on any atom is 0.223 e. The molecule has 1 fully saturated rings. The molecule has 0 atom stereocenters. The van der Waals surface area contributed by atoms with Crippen molar-refractivity contribution in [3.63, 3.8) is 0 Å². The number of amides is 1. The summed E-state index contributed by atoms with van der Waals surface area (Å²) in [5.41, 5.74) is 4.29. The molecular formula is C22H25N3O2. The van der Waals surface area contributed by atoms with Gasteiger partial charge in [-0.05, 0) is 49.9 Å². The quantitative estimate of drug-likeness (QED) is 0.695. The van der Waals surface area contributed by atoms with E-state index in [-0.39, 0.29) is 11.8 Å². The number of para-hydroxylation sites is 3. The highest BCUT2D eigenvalue weighted by atomic mass is 16.5. The van der Waals surface area contributed by atoms with Gasteiger partial charge >= 0.3 is 0 Å². The van der Waals surface area contributed by atoms with Crippen molar-refractivity contribution in [3.05, 3.63) is 59.4 Å². The summed E-state index contributed by atoms with van der Waals surface area (Å²) in [6.45, 7) is 5.81. The maximum absolute atomic E-state index is 12.0. The first-order chi connectivity index (χ1) is 13.1. The van der Waals surface area contributed by atoms with Gasteiger partial charge in [0.1, 0.15) is 18.2 Å². The number of nitrogens with one attached hydrogen (secondary N) is 1. The molecule has 0 saturated heterocycles. The van der Waals surface area contributed by atoms with Gasteiger partial charge in [0.2, 0.25) is 5.91 Å². The van der Waals surface area contributed by atoms with E-state index in [0.29, 0.717) is 19.7 Å². The predicted molar refractivity (Wildman–Crippen MR) is 106 cm³/mol. The monoisotopic (exact) mass is 363 g/mol. The topological polar surface area (TPSA) is 56.1 Å². The molecule has 2 aromatic carbocycles. The average Bonchev–Trinajstić information content (AvgIpc) is 3.45. The number of imidazole rings is 1. The minimum Gasteiger partial charge on any atom is -0.491 e. The minimum absolute atomic E-state index is 0.139. The van der Waals surface area contributed by atoms with E-state index in [1.807, 2.05) is 24.3 Å². The molecule has 3 aromatic rings. The number of aryl methyl sites for hydroxylation is 2. The van der Waals surface area contributed by atoms with Gasteiger partial charge in [-0.3, -0.25) is 4.79 Å². The van der Waals surface area contributed by atoms with Crippen molar-refractivity contribution >= 4 is 16.9 Å². The van der Waals surface area contributed by atoms with Crippen LogP contribution in [0.3, 0.4) is 0 Å². The van der Waals surface area contributed by atoms with Gasteiger partial charge in [0, 0.05) is 5.92 Å².